The van der Waals surface area contributed by atoms with E-state index in [4.69, 9.17) is 11.6 Å². The van der Waals surface area contributed by atoms with Gasteiger partial charge in [-0.05, 0) is 18.2 Å². The highest BCUT2D eigenvalue weighted by molar-refractivity contribution is 6.31. The van der Waals surface area contributed by atoms with E-state index in [0.717, 1.165) is 0 Å². The van der Waals surface area contributed by atoms with Crippen LogP contribution in [-0.2, 0) is 6.18 Å². The number of benzene rings is 2. The molecule has 0 aromatic heterocycles. The minimum atomic E-state index is -4.50. The summed E-state index contributed by atoms with van der Waals surface area (Å²) in [6.07, 6.45) is -3.33. The van der Waals surface area contributed by atoms with Crippen LogP contribution in [0, 0.1) is 0 Å². The summed E-state index contributed by atoms with van der Waals surface area (Å²) in [7, 11) is 0. The highest BCUT2D eigenvalue weighted by atomic mass is 35.5. The molecule has 0 aliphatic rings. The van der Waals surface area contributed by atoms with Gasteiger partial charge < -0.3 is 0 Å². The second-order valence-electron chi connectivity index (χ2n) is 3.80. The third-order valence-electron chi connectivity index (χ3n) is 2.44. The molecule has 0 aliphatic carbocycles. The normalized spacial score (nSPS) is 12.0. The van der Waals surface area contributed by atoms with E-state index in [0.29, 0.717) is 5.69 Å². The average molecular weight is 284 g/mol. The van der Waals surface area contributed by atoms with Crippen LogP contribution in [0.5, 0.6) is 0 Å². The van der Waals surface area contributed by atoms with Crippen molar-refractivity contribution in [3.8, 4) is 0 Å². The van der Waals surface area contributed by atoms with Gasteiger partial charge in [-0.25, -0.2) is 0 Å². The fourth-order valence-corrected chi connectivity index (χ4v) is 1.89. The summed E-state index contributed by atoms with van der Waals surface area (Å²) in [6, 6.07) is 12.7. The smallest absolute Gasteiger partial charge is 0.256 e. The third kappa shape index (κ3) is 3.35. The summed E-state index contributed by atoms with van der Waals surface area (Å²) in [5.41, 5.74) is -0.337. The van der Waals surface area contributed by atoms with Crippen molar-refractivity contribution in [1.29, 1.82) is 0 Å². The third-order valence-corrected chi connectivity index (χ3v) is 2.75. The number of hydrogen-bond donors (Lipinski definition) is 0. The maximum absolute atomic E-state index is 12.9. The van der Waals surface area contributed by atoms with E-state index in [1.54, 1.807) is 30.3 Å². The van der Waals surface area contributed by atoms with Gasteiger partial charge in [0.1, 0.15) is 0 Å². The van der Waals surface area contributed by atoms with Crippen molar-refractivity contribution in [2.75, 3.05) is 0 Å². The molecule has 0 saturated carbocycles. The number of aliphatic imine (C=N–C) groups is 1. The van der Waals surface area contributed by atoms with Gasteiger partial charge in [0, 0.05) is 11.8 Å². The van der Waals surface area contributed by atoms with Crippen LogP contribution in [0.3, 0.4) is 0 Å². The molecule has 2 aromatic carbocycles. The largest absolute Gasteiger partial charge is 0.418 e. The Morgan fingerprint density at radius 2 is 1.63 bits per heavy atom. The first-order valence-corrected chi connectivity index (χ1v) is 5.81. The first-order chi connectivity index (χ1) is 8.98. The molecule has 2 aromatic rings. The Balaban J connectivity index is 2.41. The van der Waals surface area contributed by atoms with Crippen molar-refractivity contribution in [1.82, 2.24) is 0 Å². The van der Waals surface area contributed by atoms with Gasteiger partial charge in [-0.3, -0.25) is 4.99 Å². The van der Waals surface area contributed by atoms with E-state index in [1.165, 1.54) is 24.4 Å². The highest BCUT2D eigenvalue weighted by Crippen LogP contribution is 2.36. The molecule has 0 N–H and O–H groups in total. The first-order valence-electron chi connectivity index (χ1n) is 5.43. The van der Waals surface area contributed by atoms with E-state index in [1.807, 2.05) is 0 Å². The summed E-state index contributed by atoms with van der Waals surface area (Å²) in [5.74, 6) is 0. The number of nitrogens with zero attached hydrogens (tertiary/aromatic N) is 1. The van der Waals surface area contributed by atoms with Crippen LogP contribution in [0.1, 0.15) is 11.1 Å². The first kappa shape index (κ1) is 13.6. The Morgan fingerprint density at radius 3 is 2.26 bits per heavy atom. The summed E-state index contributed by atoms with van der Waals surface area (Å²) in [5, 5.41) is -0.329. The predicted molar refractivity (Wildman–Crippen MR) is 70.2 cm³/mol. The molecule has 0 aliphatic heterocycles. The molecule has 0 heterocycles. The lowest BCUT2D eigenvalue weighted by Crippen LogP contribution is -2.09. The molecule has 0 saturated heterocycles. The molecule has 0 amide bonds. The molecular formula is C14H9ClF3N. The minimum Gasteiger partial charge on any atom is -0.256 e. The molecule has 0 fully saturated rings. The number of rotatable bonds is 2. The molecule has 0 atom stereocenters. The van der Waals surface area contributed by atoms with Gasteiger partial charge in [-0.15, -0.1) is 0 Å². The van der Waals surface area contributed by atoms with Crippen molar-refractivity contribution in [2.24, 2.45) is 4.99 Å². The van der Waals surface area contributed by atoms with Gasteiger partial charge in [-0.2, -0.15) is 13.2 Å². The van der Waals surface area contributed by atoms with Crippen LogP contribution in [0.4, 0.5) is 18.9 Å². The van der Waals surface area contributed by atoms with Crippen LogP contribution < -0.4 is 0 Å². The molecule has 5 heteroatoms. The lowest BCUT2D eigenvalue weighted by molar-refractivity contribution is -0.137. The Labute approximate surface area is 113 Å². The van der Waals surface area contributed by atoms with E-state index >= 15 is 0 Å². The predicted octanol–water partition coefficient (Wildman–Crippen LogP) is 5.11. The molecule has 19 heavy (non-hydrogen) atoms. The summed E-state index contributed by atoms with van der Waals surface area (Å²) < 4.78 is 38.7. The highest BCUT2D eigenvalue weighted by Gasteiger charge is 2.35. The Kier molecular flexibility index (Phi) is 3.90. The van der Waals surface area contributed by atoms with Crippen LogP contribution in [-0.4, -0.2) is 6.21 Å². The lowest BCUT2D eigenvalue weighted by Gasteiger charge is -2.11. The SMILES string of the molecule is FC(F)(F)c1c(Cl)cccc1C=Nc1ccccc1. The average Bonchev–Trinajstić information content (AvgIpc) is 2.36. The molecule has 0 radical (unpaired) electrons. The van der Waals surface area contributed by atoms with Crippen molar-refractivity contribution in [3.05, 3.63) is 64.7 Å². The fraction of sp³-hybridized carbons (Fsp3) is 0.0714. The van der Waals surface area contributed by atoms with Gasteiger partial charge in [-0.1, -0.05) is 41.9 Å². The van der Waals surface area contributed by atoms with Gasteiger partial charge in [0.2, 0.25) is 0 Å². The van der Waals surface area contributed by atoms with E-state index < -0.39 is 11.7 Å². The maximum Gasteiger partial charge on any atom is 0.418 e. The van der Waals surface area contributed by atoms with Crippen LogP contribution in [0.15, 0.2) is 53.5 Å². The van der Waals surface area contributed by atoms with Crippen molar-refractivity contribution in [2.45, 2.75) is 6.18 Å². The monoisotopic (exact) mass is 283 g/mol. The summed E-state index contributed by atoms with van der Waals surface area (Å²) >= 11 is 5.61. The van der Waals surface area contributed by atoms with Crippen molar-refractivity contribution < 1.29 is 13.2 Å². The second kappa shape index (κ2) is 5.45. The number of halogens is 4. The fourth-order valence-electron chi connectivity index (χ4n) is 1.61. The van der Waals surface area contributed by atoms with Crippen LogP contribution in [0.25, 0.3) is 0 Å². The van der Waals surface area contributed by atoms with Gasteiger partial charge in [0.05, 0.1) is 16.3 Å². The Hall–Kier alpha value is -1.81. The number of alkyl halides is 3. The van der Waals surface area contributed by atoms with Gasteiger partial charge in [0.15, 0.2) is 0 Å². The summed E-state index contributed by atoms with van der Waals surface area (Å²) in [6.45, 7) is 0. The second-order valence-corrected chi connectivity index (χ2v) is 4.20. The van der Waals surface area contributed by atoms with Crippen molar-refractivity contribution >= 4 is 23.5 Å². The van der Waals surface area contributed by atoms with Gasteiger partial charge >= 0.3 is 6.18 Å². The topological polar surface area (TPSA) is 12.4 Å². The zero-order chi connectivity index (χ0) is 13.9. The molecule has 98 valence electrons. The van der Waals surface area contributed by atoms with E-state index in [2.05, 4.69) is 4.99 Å². The molecule has 1 nitrogen and oxygen atoms in total. The van der Waals surface area contributed by atoms with Crippen LogP contribution >= 0.6 is 11.6 Å². The van der Waals surface area contributed by atoms with E-state index in [-0.39, 0.29) is 10.6 Å². The zero-order valence-corrected chi connectivity index (χ0v) is 10.4. The summed E-state index contributed by atoms with van der Waals surface area (Å²) in [4.78, 5) is 4.01. The lowest BCUT2D eigenvalue weighted by atomic mass is 10.1. The standard InChI is InChI=1S/C14H9ClF3N/c15-12-8-4-5-10(13(12)14(16,17)18)9-19-11-6-2-1-3-7-11/h1-9H. The van der Waals surface area contributed by atoms with E-state index in [9.17, 15) is 13.2 Å². The van der Waals surface area contributed by atoms with Crippen LogP contribution in [0.2, 0.25) is 5.02 Å². The van der Waals surface area contributed by atoms with Gasteiger partial charge in [0.25, 0.3) is 0 Å². The number of hydrogen-bond acceptors (Lipinski definition) is 1. The molecule has 0 spiro atoms. The molecule has 0 bridgehead atoms. The quantitative estimate of drug-likeness (QED) is 0.679. The number of para-hydroxylation sites is 1. The zero-order valence-electron chi connectivity index (χ0n) is 9.66. The van der Waals surface area contributed by atoms with Crippen molar-refractivity contribution in [3.63, 3.8) is 0 Å². The molecule has 2 rings (SSSR count). The minimum absolute atomic E-state index is 0.0520. The Bertz CT molecular complexity index is 591. The Morgan fingerprint density at radius 1 is 0.947 bits per heavy atom. The molecular weight excluding hydrogens is 275 g/mol. The molecule has 0 unspecified atom stereocenters. The maximum atomic E-state index is 12.9.